The van der Waals surface area contributed by atoms with Gasteiger partial charge in [0.05, 0.1) is 21.3 Å². The highest BCUT2D eigenvalue weighted by molar-refractivity contribution is 7.18. The predicted octanol–water partition coefficient (Wildman–Crippen LogP) is 3.66. The molecule has 2 amide bonds. The lowest BCUT2D eigenvalue weighted by Gasteiger charge is -2.20. The zero-order valence-corrected chi connectivity index (χ0v) is 20.1. The smallest absolute Gasteiger partial charge is 0.307 e. The van der Waals surface area contributed by atoms with Gasteiger partial charge in [0.1, 0.15) is 0 Å². The maximum absolute atomic E-state index is 13.0. The molecule has 3 N–H and O–H groups in total. The second kappa shape index (κ2) is 10.0. The molecule has 0 spiro atoms. The maximum atomic E-state index is 13.0. The van der Waals surface area contributed by atoms with Crippen LogP contribution in [-0.2, 0) is 30.7 Å². The number of rotatable bonds is 7. The highest BCUT2D eigenvalue weighted by atomic mass is 35.5. The lowest BCUT2D eigenvalue weighted by atomic mass is 10.1. The van der Waals surface area contributed by atoms with Crippen LogP contribution in [0.3, 0.4) is 0 Å². The number of carbonyl (C=O) groups excluding carboxylic acids is 2. The van der Waals surface area contributed by atoms with E-state index in [0.29, 0.717) is 31.0 Å². The average molecular weight is 505 g/mol. The topological polar surface area (TPSA) is 112 Å². The Bertz CT molecular complexity index is 1220. The summed E-state index contributed by atoms with van der Waals surface area (Å²) in [6.45, 7) is 1.81. The van der Waals surface area contributed by atoms with E-state index in [1.54, 1.807) is 30.3 Å². The Labute approximate surface area is 203 Å². The third-order valence-corrected chi connectivity index (χ3v) is 7.44. The highest BCUT2D eigenvalue weighted by Crippen LogP contribution is 2.26. The monoisotopic (exact) mass is 504 g/mol. The Kier molecular flexibility index (Phi) is 7.08. The number of anilines is 1. The third-order valence-electron chi connectivity index (χ3n) is 5.13. The first-order valence-corrected chi connectivity index (χ1v) is 12.1. The van der Waals surface area contributed by atoms with Crippen LogP contribution < -0.4 is 10.6 Å². The summed E-state index contributed by atoms with van der Waals surface area (Å²) in [4.78, 5) is 44.8. The Morgan fingerprint density at radius 1 is 1.18 bits per heavy atom. The molecule has 0 radical (unpaired) electrons. The van der Waals surface area contributed by atoms with Gasteiger partial charge in [-0.15, -0.1) is 22.7 Å². The van der Waals surface area contributed by atoms with Crippen molar-refractivity contribution < 1.29 is 19.5 Å². The first kappa shape index (κ1) is 23.4. The standard InChI is InChI=1S/C22H21ClN4O4S2/c1-27-7-6-14-17(11-27)33-22(26-14)21(31)25-15-8-12(9-19(28)29)2-3-13(15)10-24-20(30)16-4-5-18(23)32-16/h2-5,8H,6-7,9-11H2,1H3,(H,24,30)(H,25,31)(H,28,29). The van der Waals surface area contributed by atoms with Crippen LogP contribution in [0.5, 0.6) is 0 Å². The second-order valence-corrected chi connectivity index (χ2v) is 10.5. The summed E-state index contributed by atoms with van der Waals surface area (Å²) in [5.41, 5.74) is 2.58. The highest BCUT2D eigenvalue weighted by Gasteiger charge is 2.22. The van der Waals surface area contributed by atoms with E-state index in [-0.39, 0.29) is 24.8 Å². The molecule has 3 heterocycles. The van der Waals surface area contributed by atoms with Crippen molar-refractivity contribution in [3.05, 3.63) is 66.3 Å². The molecule has 3 aromatic rings. The van der Waals surface area contributed by atoms with Crippen molar-refractivity contribution in [2.75, 3.05) is 18.9 Å². The van der Waals surface area contributed by atoms with Gasteiger partial charge in [0.2, 0.25) is 0 Å². The van der Waals surface area contributed by atoms with Gasteiger partial charge in [-0.25, -0.2) is 4.98 Å². The Hall–Kier alpha value is -2.79. The molecule has 1 aliphatic rings. The van der Waals surface area contributed by atoms with E-state index < -0.39 is 5.97 Å². The molecule has 1 aromatic carbocycles. The number of fused-ring (bicyclic) bond motifs is 1. The molecule has 8 nitrogen and oxygen atoms in total. The van der Waals surface area contributed by atoms with E-state index >= 15 is 0 Å². The molecule has 1 aliphatic heterocycles. The van der Waals surface area contributed by atoms with Crippen molar-refractivity contribution in [3.63, 3.8) is 0 Å². The van der Waals surface area contributed by atoms with Crippen LogP contribution in [0.1, 0.15) is 41.2 Å². The minimum Gasteiger partial charge on any atom is -0.481 e. The van der Waals surface area contributed by atoms with Crippen molar-refractivity contribution >= 4 is 57.7 Å². The molecule has 172 valence electrons. The van der Waals surface area contributed by atoms with Crippen LogP contribution in [0, 0.1) is 0 Å². The minimum atomic E-state index is -0.973. The van der Waals surface area contributed by atoms with E-state index in [9.17, 15) is 14.4 Å². The molecule has 2 aromatic heterocycles. The number of benzene rings is 1. The van der Waals surface area contributed by atoms with Crippen molar-refractivity contribution in [1.29, 1.82) is 0 Å². The van der Waals surface area contributed by atoms with Crippen LogP contribution in [-0.4, -0.2) is 46.4 Å². The van der Waals surface area contributed by atoms with E-state index in [1.807, 2.05) is 7.05 Å². The Morgan fingerprint density at radius 2 is 2.00 bits per heavy atom. The van der Waals surface area contributed by atoms with Crippen molar-refractivity contribution in [3.8, 4) is 0 Å². The number of halogens is 1. The molecule has 0 atom stereocenters. The number of carbonyl (C=O) groups is 3. The van der Waals surface area contributed by atoms with Gasteiger partial charge < -0.3 is 20.6 Å². The molecule has 11 heteroatoms. The number of likely N-dealkylation sites (N-methyl/N-ethyl adjacent to an activating group) is 1. The van der Waals surface area contributed by atoms with Gasteiger partial charge in [0.15, 0.2) is 5.01 Å². The largest absolute Gasteiger partial charge is 0.481 e. The molecule has 0 unspecified atom stereocenters. The van der Waals surface area contributed by atoms with Crippen LogP contribution in [0.25, 0.3) is 0 Å². The number of thiazole rings is 1. The fourth-order valence-corrected chi connectivity index (χ4v) is 5.52. The van der Waals surface area contributed by atoms with Gasteiger partial charge in [0.25, 0.3) is 11.8 Å². The number of aromatic nitrogens is 1. The number of nitrogens with one attached hydrogen (secondary N) is 2. The zero-order valence-electron chi connectivity index (χ0n) is 17.7. The van der Waals surface area contributed by atoms with E-state index in [2.05, 4.69) is 20.5 Å². The fourth-order valence-electron chi connectivity index (χ4n) is 3.47. The molecule has 4 rings (SSSR count). The molecular weight excluding hydrogens is 484 g/mol. The molecule has 33 heavy (non-hydrogen) atoms. The van der Waals surface area contributed by atoms with Crippen molar-refractivity contribution in [1.82, 2.24) is 15.2 Å². The first-order valence-electron chi connectivity index (χ1n) is 10.1. The van der Waals surface area contributed by atoms with Gasteiger partial charge in [-0.3, -0.25) is 14.4 Å². The number of nitrogens with zero attached hydrogens (tertiary/aromatic N) is 2. The van der Waals surface area contributed by atoms with E-state index in [0.717, 1.165) is 30.1 Å². The number of thiophene rings is 1. The van der Waals surface area contributed by atoms with Crippen LogP contribution in [0.15, 0.2) is 30.3 Å². The van der Waals surface area contributed by atoms with E-state index in [4.69, 9.17) is 16.7 Å². The van der Waals surface area contributed by atoms with E-state index in [1.165, 1.54) is 22.7 Å². The first-order chi connectivity index (χ1) is 15.8. The fraction of sp³-hybridized carbons (Fsp3) is 0.273. The number of hydrogen-bond donors (Lipinski definition) is 3. The maximum Gasteiger partial charge on any atom is 0.307 e. The molecule has 0 aliphatic carbocycles. The summed E-state index contributed by atoms with van der Waals surface area (Å²) in [5.74, 6) is -1.61. The number of carboxylic acid groups (broad SMARTS) is 1. The van der Waals surface area contributed by atoms with Gasteiger partial charge in [0, 0.05) is 36.6 Å². The van der Waals surface area contributed by atoms with Crippen molar-refractivity contribution in [2.45, 2.75) is 25.9 Å². The van der Waals surface area contributed by atoms with Gasteiger partial charge >= 0.3 is 5.97 Å². The normalized spacial score (nSPS) is 13.4. The van der Waals surface area contributed by atoms with Crippen molar-refractivity contribution in [2.24, 2.45) is 0 Å². The average Bonchev–Trinajstić information content (AvgIpc) is 3.38. The quantitative estimate of drug-likeness (QED) is 0.453. The molecule has 0 bridgehead atoms. The summed E-state index contributed by atoms with van der Waals surface area (Å²) < 4.78 is 0.517. The minimum absolute atomic E-state index is 0.149. The summed E-state index contributed by atoms with van der Waals surface area (Å²) in [6.07, 6.45) is 0.620. The lowest BCUT2D eigenvalue weighted by molar-refractivity contribution is -0.136. The second-order valence-electron chi connectivity index (χ2n) is 7.68. The Morgan fingerprint density at radius 3 is 2.73 bits per heavy atom. The number of hydrogen-bond acceptors (Lipinski definition) is 7. The van der Waals surface area contributed by atoms with Gasteiger partial charge in [-0.2, -0.15) is 0 Å². The summed E-state index contributed by atoms with van der Waals surface area (Å²) in [7, 11) is 2.03. The summed E-state index contributed by atoms with van der Waals surface area (Å²) in [6, 6.07) is 8.29. The molecule has 0 fully saturated rings. The summed E-state index contributed by atoms with van der Waals surface area (Å²) in [5, 5.41) is 15.2. The molecule has 0 saturated heterocycles. The molecular formula is C22H21ClN4O4S2. The number of carboxylic acids is 1. The molecule has 0 saturated carbocycles. The number of aliphatic carboxylic acids is 1. The van der Waals surface area contributed by atoms with Crippen LogP contribution in [0.2, 0.25) is 4.34 Å². The third kappa shape index (κ3) is 5.77. The van der Waals surface area contributed by atoms with Crippen LogP contribution in [0.4, 0.5) is 5.69 Å². The Balaban J connectivity index is 1.53. The van der Waals surface area contributed by atoms with Crippen LogP contribution >= 0.6 is 34.3 Å². The summed E-state index contributed by atoms with van der Waals surface area (Å²) >= 11 is 8.44. The van der Waals surface area contributed by atoms with Gasteiger partial charge in [-0.1, -0.05) is 23.7 Å². The predicted molar refractivity (Wildman–Crippen MR) is 128 cm³/mol. The van der Waals surface area contributed by atoms with Gasteiger partial charge in [-0.05, 0) is 36.4 Å². The zero-order chi connectivity index (χ0) is 23.5. The SMILES string of the molecule is CN1CCc2nc(C(=O)Nc3cc(CC(=O)O)ccc3CNC(=O)c3ccc(Cl)s3)sc2C1. The lowest BCUT2D eigenvalue weighted by Crippen LogP contribution is -2.25. The number of amides is 2.